The molecule has 5 rings (SSSR count). The number of ether oxygens (including phenoxy) is 1. The van der Waals surface area contributed by atoms with Gasteiger partial charge in [-0.2, -0.15) is 4.68 Å². The van der Waals surface area contributed by atoms with Gasteiger partial charge in [0.1, 0.15) is 12.0 Å². The lowest BCUT2D eigenvalue weighted by Gasteiger charge is -2.22. The summed E-state index contributed by atoms with van der Waals surface area (Å²) in [6.07, 6.45) is 9.36. The van der Waals surface area contributed by atoms with E-state index >= 15 is 0 Å². The number of nitrogens with zero attached hydrogens (tertiary/aromatic N) is 6. The molecule has 1 unspecified atom stereocenters. The van der Waals surface area contributed by atoms with Crippen molar-refractivity contribution in [2.75, 3.05) is 12.4 Å². The molecular weight excluding hydrogens is 607 g/mol. The number of methoxy groups -OCH3 is 1. The van der Waals surface area contributed by atoms with Crippen LogP contribution in [0.4, 0.5) is 5.69 Å². The number of carbonyl (C=O) groups excluding carboxylic acids is 3. The number of fused-ring (bicyclic) bond motifs is 3. The summed E-state index contributed by atoms with van der Waals surface area (Å²) >= 11 is 12.5. The van der Waals surface area contributed by atoms with E-state index in [1.54, 1.807) is 48.5 Å². The highest BCUT2D eigenvalue weighted by molar-refractivity contribution is 6.30. The Hall–Kier alpha value is -4.94. The van der Waals surface area contributed by atoms with Crippen molar-refractivity contribution in [1.82, 2.24) is 35.7 Å². The number of hydrogen-bond acceptors (Lipinski definition) is 9. The minimum atomic E-state index is -0.567. The third-order valence-corrected chi connectivity index (χ3v) is 7.17. The number of halogens is 2. The fourth-order valence-electron chi connectivity index (χ4n) is 4.67. The van der Waals surface area contributed by atoms with Crippen LogP contribution in [-0.2, 0) is 25.5 Å². The summed E-state index contributed by atoms with van der Waals surface area (Å²) < 4.78 is 6.27. The number of esters is 1. The molecule has 0 saturated carbocycles. The molecule has 224 valence electrons. The van der Waals surface area contributed by atoms with Gasteiger partial charge in [-0.15, -0.1) is 15.3 Å². The summed E-state index contributed by atoms with van der Waals surface area (Å²) in [7, 11) is 1.31. The summed E-state index contributed by atoms with van der Waals surface area (Å²) in [6.45, 7) is 0. The van der Waals surface area contributed by atoms with Gasteiger partial charge in [-0.3, -0.25) is 14.4 Å². The number of allylic oxidation sites excluding steroid dienone is 1. The van der Waals surface area contributed by atoms with Crippen LogP contribution in [0, 0.1) is 0 Å². The third kappa shape index (κ3) is 7.52. The molecule has 1 aliphatic rings. The summed E-state index contributed by atoms with van der Waals surface area (Å²) in [4.78, 5) is 38.0. The minimum Gasteiger partial charge on any atom is -0.469 e. The van der Waals surface area contributed by atoms with Gasteiger partial charge in [0.05, 0.1) is 30.9 Å². The van der Waals surface area contributed by atoms with Gasteiger partial charge >= 0.3 is 5.97 Å². The highest BCUT2D eigenvalue weighted by Gasteiger charge is 2.23. The third-order valence-electron chi connectivity index (χ3n) is 6.75. The second-order valence-corrected chi connectivity index (χ2v) is 10.6. The van der Waals surface area contributed by atoms with Crippen LogP contribution in [-0.4, -0.2) is 55.3 Å². The van der Waals surface area contributed by atoms with Crippen molar-refractivity contribution in [3.8, 4) is 16.9 Å². The normalized spacial score (nSPS) is 15.7. The van der Waals surface area contributed by atoms with Gasteiger partial charge in [0.25, 0.3) is 0 Å². The summed E-state index contributed by atoms with van der Waals surface area (Å²) in [5.41, 5.74) is 3.90. The van der Waals surface area contributed by atoms with Crippen LogP contribution in [0.15, 0.2) is 67.0 Å². The lowest BCUT2D eigenvalue weighted by molar-refractivity contribution is -0.139. The van der Waals surface area contributed by atoms with E-state index in [4.69, 9.17) is 27.9 Å². The van der Waals surface area contributed by atoms with Crippen molar-refractivity contribution in [2.24, 2.45) is 0 Å². The van der Waals surface area contributed by atoms with E-state index in [1.165, 1.54) is 24.2 Å². The maximum atomic E-state index is 13.3. The number of anilines is 1. The molecule has 44 heavy (non-hydrogen) atoms. The average molecular weight is 633 g/mol. The Kier molecular flexibility index (Phi) is 9.72. The van der Waals surface area contributed by atoms with Crippen LogP contribution in [0.25, 0.3) is 23.0 Å². The van der Waals surface area contributed by atoms with Gasteiger partial charge < -0.3 is 15.4 Å². The summed E-state index contributed by atoms with van der Waals surface area (Å²) in [5, 5.41) is 26.3. The topological polar surface area (TPSA) is 154 Å². The molecule has 0 radical (unpaired) electrons. The maximum Gasteiger partial charge on any atom is 0.309 e. The van der Waals surface area contributed by atoms with Crippen LogP contribution in [0.2, 0.25) is 10.2 Å². The molecule has 1 atom stereocenters. The largest absolute Gasteiger partial charge is 0.469 e. The minimum absolute atomic E-state index is 0.0221. The molecular formula is C30H26Cl2N8O4. The van der Waals surface area contributed by atoms with Gasteiger partial charge in [-0.1, -0.05) is 47.5 Å². The molecule has 2 aromatic carbocycles. The summed E-state index contributed by atoms with van der Waals surface area (Å²) in [6, 6.07) is 11.4. The molecule has 1 aliphatic heterocycles. The lowest BCUT2D eigenvalue weighted by atomic mass is 9.95. The molecule has 12 nitrogen and oxygen atoms in total. The number of amides is 2. The highest BCUT2D eigenvalue weighted by atomic mass is 35.5. The maximum absolute atomic E-state index is 13.3. The molecule has 14 heteroatoms. The second kappa shape index (κ2) is 14.0. The Morgan fingerprint density at radius 2 is 2.00 bits per heavy atom. The zero-order valence-corrected chi connectivity index (χ0v) is 24.9. The number of benzene rings is 2. The van der Waals surface area contributed by atoms with Crippen molar-refractivity contribution in [3.05, 3.63) is 93.9 Å². The molecule has 2 aromatic heterocycles. The van der Waals surface area contributed by atoms with Gasteiger partial charge in [-0.05, 0) is 65.2 Å². The Labute approximate surface area is 262 Å². The molecule has 0 spiro atoms. The number of hydrogen-bond donors (Lipinski definition) is 2. The Morgan fingerprint density at radius 1 is 1.14 bits per heavy atom. The van der Waals surface area contributed by atoms with Gasteiger partial charge in [0.2, 0.25) is 11.8 Å². The van der Waals surface area contributed by atoms with Crippen LogP contribution < -0.4 is 10.6 Å². The first-order valence-electron chi connectivity index (χ1n) is 13.5. The first-order chi connectivity index (χ1) is 21.3. The smallest absolute Gasteiger partial charge is 0.309 e. The highest BCUT2D eigenvalue weighted by Crippen LogP contribution is 2.35. The fraction of sp³-hybridized carbons (Fsp3) is 0.200. The average Bonchev–Trinajstić information content (AvgIpc) is 3.54. The van der Waals surface area contributed by atoms with E-state index in [0.29, 0.717) is 57.2 Å². The molecule has 2 N–H and O–H groups in total. The quantitative estimate of drug-likeness (QED) is 0.175. The standard InChI is InChI=1S/C30H26Cl2N8O4/c1-44-29(43)14-18-7-10-21-24(13-18)35-27(41)6-4-2-3-5-23(22-16-26(32)36-37-30(21)22)34-28(42)12-8-19-15-20(31)9-11-25(19)40-17-33-38-39-40/h2-3,7-13,15-17,23H,4-6,14H2,1H3,(H,34,42)(H,35,41)/b3-2+,12-8+. The fourth-order valence-corrected chi connectivity index (χ4v) is 5.01. The first-order valence-corrected chi connectivity index (χ1v) is 14.3. The number of aromatic nitrogens is 6. The number of carbonyl (C=O) groups is 3. The van der Waals surface area contributed by atoms with Crippen molar-refractivity contribution in [2.45, 2.75) is 31.7 Å². The van der Waals surface area contributed by atoms with Gasteiger partial charge in [-0.25, -0.2) is 0 Å². The zero-order chi connectivity index (χ0) is 31.1. The van der Waals surface area contributed by atoms with E-state index < -0.39 is 12.0 Å². The van der Waals surface area contributed by atoms with Crippen LogP contribution >= 0.6 is 23.2 Å². The number of tetrazole rings is 1. The number of nitrogens with one attached hydrogen (secondary N) is 2. The monoisotopic (exact) mass is 632 g/mol. The van der Waals surface area contributed by atoms with Crippen LogP contribution in [0.5, 0.6) is 0 Å². The van der Waals surface area contributed by atoms with Crippen molar-refractivity contribution in [1.29, 1.82) is 0 Å². The summed E-state index contributed by atoms with van der Waals surface area (Å²) in [5.74, 6) is -1.01. The van der Waals surface area contributed by atoms with Gasteiger partial charge in [0.15, 0.2) is 5.15 Å². The van der Waals surface area contributed by atoms with Gasteiger partial charge in [0, 0.05) is 34.2 Å². The van der Waals surface area contributed by atoms with E-state index in [2.05, 4.69) is 36.4 Å². The molecule has 0 saturated heterocycles. The van der Waals surface area contributed by atoms with Crippen LogP contribution in [0.3, 0.4) is 0 Å². The van der Waals surface area contributed by atoms with Crippen molar-refractivity contribution in [3.63, 3.8) is 0 Å². The molecule has 3 heterocycles. The van der Waals surface area contributed by atoms with Crippen molar-refractivity contribution < 1.29 is 19.1 Å². The van der Waals surface area contributed by atoms with E-state index in [1.807, 2.05) is 12.2 Å². The molecule has 2 amide bonds. The predicted octanol–water partition coefficient (Wildman–Crippen LogP) is 4.69. The molecule has 0 bridgehead atoms. The zero-order valence-electron chi connectivity index (χ0n) is 23.4. The van der Waals surface area contributed by atoms with E-state index in [-0.39, 0.29) is 29.8 Å². The Bertz CT molecular complexity index is 1760. The SMILES string of the molecule is COC(=O)Cc1ccc2c(c1)NC(=O)CC/C=C/CC(NC(=O)/C=C/c1cc(Cl)ccc1-n1cnnn1)c1cc(Cl)nnc1-2. The number of rotatable bonds is 6. The Balaban J connectivity index is 1.51. The molecule has 4 aromatic rings. The van der Waals surface area contributed by atoms with Crippen molar-refractivity contribution >= 4 is 52.7 Å². The predicted molar refractivity (Wildman–Crippen MR) is 164 cm³/mol. The second-order valence-electron chi connectivity index (χ2n) is 9.75. The molecule has 0 fully saturated rings. The lowest BCUT2D eigenvalue weighted by Crippen LogP contribution is -2.27. The molecule has 0 aliphatic carbocycles. The van der Waals surface area contributed by atoms with E-state index in [9.17, 15) is 14.4 Å². The van der Waals surface area contributed by atoms with E-state index in [0.717, 1.165) is 0 Å². The van der Waals surface area contributed by atoms with Crippen LogP contribution in [0.1, 0.15) is 42.0 Å². The Morgan fingerprint density at radius 3 is 2.80 bits per heavy atom. The first kappa shape index (κ1) is 30.5.